The van der Waals surface area contributed by atoms with Crippen LogP contribution in [0.4, 0.5) is 0 Å². The summed E-state index contributed by atoms with van der Waals surface area (Å²) < 4.78 is 2.19. The minimum absolute atomic E-state index is 0.292. The van der Waals surface area contributed by atoms with E-state index in [1.165, 1.54) is 24.8 Å². The van der Waals surface area contributed by atoms with Gasteiger partial charge in [0.1, 0.15) is 5.82 Å². The van der Waals surface area contributed by atoms with Crippen LogP contribution < -0.4 is 0 Å². The highest BCUT2D eigenvalue weighted by Gasteiger charge is 2.28. The van der Waals surface area contributed by atoms with Crippen molar-refractivity contribution < 1.29 is 4.79 Å². The van der Waals surface area contributed by atoms with Crippen LogP contribution in [0.15, 0.2) is 24.3 Å². The first-order valence-electron chi connectivity index (χ1n) is 9.64. The van der Waals surface area contributed by atoms with E-state index >= 15 is 0 Å². The summed E-state index contributed by atoms with van der Waals surface area (Å²) in [6, 6.07) is 8.28. The summed E-state index contributed by atoms with van der Waals surface area (Å²) in [6.45, 7) is 4.47. The van der Waals surface area contributed by atoms with E-state index in [0.29, 0.717) is 11.8 Å². The number of fused-ring (bicyclic) bond motifs is 1. The first-order chi connectivity index (χ1) is 12.2. The van der Waals surface area contributed by atoms with Crippen LogP contribution in [0.3, 0.4) is 0 Å². The number of hydrogen-bond donors (Lipinski definition) is 0. The first kappa shape index (κ1) is 16.6. The van der Waals surface area contributed by atoms with Crippen molar-refractivity contribution in [3.8, 4) is 0 Å². The molecule has 2 aromatic rings. The second-order valence-electron chi connectivity index (χ2n) is 7.51. The molecule has 4 rings (SSSR count). The molecule has 1 aliphatic carbocycles. The van der Waals surface area contributed by atoms with Gasteiger partial charge in [0.05, 0.1) is 17.6 Å². The van der Waals surface area contributed by atoms with E-state index in [1.54, 1.807) is 0 Å². The summed E-state index contributed by atoms with van der Waals surface area (Å²) in [7, 11) is 2.09. The van der Waals surface area contributed by atoms with Gasteiger partial charge in [0.25, 0.3) is 0 Å². The maximum atomic E-state index is 12.7. The number of piperazine rings is 1. The lowest BCUT2D eigenvalue weighted by atomic mass is 9.88. The van der Waals surface area contributed by atoms with Gasteiger partial charge in [-0.15, -0.1) is 0 Å². The van der Waals surface area contributed by atoms with E-state index in [2.05, 4.69) is 39.6 Å². The lowest BCUT2D eigenvalue weighted by Crippen LogP contribution is -2.50. The Morgan fingerprint density at radius 2 is 1.80 bits per heavy atom. The van der Waals surface area contributed by atoms with E-state index in [0.717, 1.165) is 56.9 Å². The van der Waals surface area contributed by atoms with Gasteiger partial charge in [-0.25, -0.2) is 4.98 Å². The molecule has 1 aromatic carbocycles. The Morgan fingerprint density at radius 1 is 1.08 bits per heavy atom. The van der Waals surface area contributed by atoms with Crippen molar-refractivity contribution in [2.45, 2.75) is 38.6 Å². The number of benzene rings is 1. The summed E-state index contributed by atoms with van der Waals surface area (Å²) in [5, 5.41) is 0. The third-order valence-corrected chi connectivity index (χ3v) is 5.88. The Hall–Kier alpha value is -1.88. The Balaban J connectivity index is 1.35. The number of aromatic nitrogens is 2. The number of hydrogen-bond acceptors (Lipinski definition) is 3. The Kier molecular flexibility index (Phi) is 4.75. The normalized spacial score (nSPS) is 20.3. The third-order valence-electron chi connectivity index (χ3n) is 5.88. The molecular weight excluding hydrogens is 312 g/mol. The van der Waals surface area contributed by atoms with Crippen molar-refractivity contribution in [1.29, 1.82) is 0 Å². The van der Waals surface area contributed by atoms with Crippen LogP contribution in [0, 0.1) is 5.92 Å². The fourth-order valence-corrected chi connectivity index (χ4v) is 4.27. The predicted molar refractivity (Wildman–Crippen MR) is 99.1 cm³/mol. The fraction of sp³-hybridized carbons (Fsp3) is 0.600. The molecule has 2 heterocycles. The number of para-hydroxylation sites is 2. The Labute approximate surface area is 149 Å². The largest absolute Gasteiger partial charge is 0.340 e. The van der Waals surface area contributed by atoms with Crippen LogP contribution in [0.1, 0.15) is 37.9 Å². The van der Waals surface area contributed by atoms with E-state index in [9.17, 15) is 4.79 Å². The molecule has 2 fully saturated rings. The third kappa shape index (κ3) is 3.43. The summed E-state index contributed by atoms with van der Waals surface area (Å²) in [4.78, 5) is 22.0. The molecule has 1 aromatic heterocycles. The molecule has 5 nitrogen and oxygen atoms in total. The quantitative estimate of drug-likeness (QED) is 0.863. The van der Waals surface area contributed by atoms with Gasteiger partial charge in [0, 0.05) is 39.1 Å². The molecule has 0 atom stereocenters. The molecule has 0 bridgehead atoms. The van der Waals surface area contributed by atoms with E-state index < -0.39 is 0 Å². The number of amides is 1. The van der Waals surface area contributed by atoms with Crippen LogP contribution in [0.25, 0.3) is 11.0 Å². The minimum atomic E-state index is 0.292. The number of rotatable bonds is 3. The average molecular weight is 340 g/mol. The summed E-state index contributed by atoms with van der Waals surface area (Å²) in [5.41, 5.74) is 2.25. The number of carbonyl (C=O) groups excluding carboxylic acids is 1. The molecule has 5 heteroatoms. The molecule has 0 N–H and O–H groups in total. The second kappa shape index (κ2) is 7.16. The molecule has 0 unspecified atom stereocenters. The molecule has 1 amide bonds. The van der Waals surface area contributed by atoms with Crippen molar-refractivity contribution in [2.24, 2.45) is 13.0 Å². The van der Waals surface area contributed by atoms with Crippen LogP contribution >= 0.6 is 0 Å². The van der Waals surface area contributed by atoms with Crippen LogP contribution in [-0.2, 0) is 18.4 Å². The first-order valence-corrected chi connectivity index (χ1v) is 9.64. The lowest BCUT2D eigenvalue weighted by Gasteiger charge is -2.37. The predicted octanol–water partition coefficient (Wildman–Crippen LogP) is 2.80. The highest BCUT2D eigenvalue weighted by atomic mass is 16.2. The summed E-state index contributed by atoms with van der Waals surface area (Å²) in [5.74, 6) is 1.80. The molecule has 1 aliphatic heterocycles. The van der Waals surface area contributed by atoms with E-state index in [-0.39, 0.29) is 0 Å². The zero-order valence-electron chi connectivity index (χ0n) is 15.2. The zero-order chi connectivity index (χ0) is 17.2. The molecular formula is C20H28N4O. The van der Waals surface area contributed by atoms with Crippen LogP contribution in [-0.4, -0.2) is 51.4 Å². The number of nitrogens with zero attached hydrogens (tertiary/aromatic N) is 4. The fourth-order valence-electron chi connectivity index (χ4n) is 4.27. The number of carbonyl (C=O) groups is 1. The number of aryl methyl sites for hydroxylation is 1. The molecule has 1 saturated carbocycles. The highest BCUT2D eigenvalue weighted by Crippen LogP contribution is 2.26. The summed E-state index contributed by atoms with van der Waals surface area (Å²) in [6.07, 6.45) is 5.94. The van der Waals surface area contributed by atoms with Gasteiger partial charge in [0.15, 0.2) is 0 Å². The molecule has 134 valence electrons. The summed E-state index contributed by atoms with van der Waals surface area (Å²) >= 11 is 0. The van der Waals surface area contributed by atoms with Gasteiger partial charge in [-0.2, -0.15) is 0 Å². The molecule has 1 saturated heterocycles. The standard InChI is InChI=1S/C20H28N4O/c1-22-18-10-6-5-9-17(18)21-19(22)15-23-11-13-24(14-12-23)20(25)16-7-3-2-4-8-16/h5-6,9-10,16H,2-4,7-8,11-15H2,1H3. The van der Waals surface area contributed by atoms with Gasteiger partial charge in [-0.3, -0.25) is 9.69 Å². The topological polar surface area (TPSA) is 41.4 Å². The maximum Gasteiger partial charge on any atom is 0.225 e. The molecule has 2 aliphatic rings. The highest BCUT2D eigenvalue weighted by molar-refractivity contribution is 5.79. The van der Waals surface area contributed by atoms with Gasteiger partial charge in [-0.05, 0) is 25.0 Å². The number of imidazole rings is 1. The van der Waals surface area contributed by atoms with Crippen molar-refractivity contribution >= 4 is 16.9 Å². The van der Waals surface area contributed by atoms with Gasteiger partial charge in [-0.1, -0.05) is 31.4 Å². The van der Waals surface area contributed by atoms with Gasteiger partial charge >= 0.3 is 0 Å². The van der Waals surface area contributed by atoms with Gasteiger partial charge < -0.3 is 9.47 Å². The van der Waals surface area contributed by atoms with Crippen molar-refractivity contribution in [3.63, 3.8) is 0 Å². The molecule has 0 radical (unpaired) electrons. The van der Waals surface area contributed by atoms with Crippen molar-refractivity contribution in [3.05, 3.63) is 30.1 Å². The smallest absolute Gasteiger partial charge is 0.225 e. The second-order valence-corrected chi connectivity index (χ2v) is 7.51. The van der Waals surface area contributed by atoms with Gasteiger partial charge in [0.2, 0.25) is 5.91 Å². The van der Waals surface area contributed by atoms with Crippen LogP contribution in [0.2, 0.25) is 0 Å². The SMILES string of the molecule is Cn1c(CN2CCN(C(=O)C3CCCCC3)CC2)nc2ccccc21. The van der Waals surface area contributed by atoms with E-state index in [4.69, 9.17) is 4.98 Å². The zero-order valence-corrected chi connectivity index (χ0v) is 15.2. The monoisotopic (exact) mass is 340 g/mol. The molecule has 25 heavy (non-hydrogen) atoms. The minimum Gasteiger partial charge on any atom is -0.340 e. The Bertz CT molecular complexity index is 739. The maximum absolute atomic E-state index is 12.7. The van der Waals surface area contributed by atoms with E-state index in [1.807, 2.05) is 6.07 Å². The van der Waals surface area contributed by atoms with Crippen molar-refractivity contribution in [1.82, 2.24) is 19.4 Å². The Morgan fingerprint density at radius 3 is 2.52 bits per heavy atom. The van der Waals surface area contributed by atoms with Crippen LogP contribution in [0.5, 0.6) is 0 Å². The lowest BCUT2D eigenvalue weighted by molar-refractivity contribution is -0.138. The van der Waals surface area contributed by atoms with Crippen molar-refractivity contribution in [2.75, 3.05) is 26.2 Å². The molecule has 0 spiro atoms. The average Bonchev–Trinajstić information content (AvgIpc) is 2.98.